The van der Waals surface area contributed by atoms with Crippen LogP contribution in [0.5, 0.6) is 5.75 Å². The predicted molar refractivity (Wildman–Crippen MR) is 74.5 cm³/mol. The molecule has 0 saturated heterocycles. The molecule has 0 aliphatic carbocycles. The van der Waals surface area contributed by atoms with Gasteiger partial charge in [-0.3, -0.25) is 0 Å². The molecule has 112 valence electrons. The minimum atomic E-state index is -4.45. The number of rotatable bonds is 3. The molecule has 2 rings (SSSR count). The van der Waals surface area contributed by atoms with Crippen LogP contribution < -0.4 is 5.32 Å². The zero-order chi connectivity index (χ0) is 15.6. The van der Waals surface area contributed by atoms with Gasteiger partial charge in [0.2, 0.25) is 0 Å². The highest BCUT2D eigenvalue weighted by Gasteiger charge is 2.30. The average Bonchev–Trinajstić information content (AvgIpc) is 2.40. The van der Waals surface area contributed by atoms with Gasteiger partial charge in [0.1, 0.15) is 0 Å². The Hall–Kier alpha value is -1.76. The number of benzene rings is 2. The van der Waals surface area contributed by atoms with Crippen molar-refractivity contribution in [2.45, 2.75) is 12.7 Å². The van der Waals surface area contributed by atoms with Gasteiger partial charge in [0.15, 0.2) is 11.6 Å². The van der Waals surface area contributed by atoms with Crippen molar-refractivity contribution >= 4 is 21.6 Å². The fraction of sp³-hybridized carbons (Fsp3) is 0.143. The van der Waals surface area contributed by atoms with Crippen molar-refractivity contribution in [3.63, 3.8) is 0 Å². The van der Waals surface area contributed by atoms with Gasteiger partial charge >= 0.3 is 6.18 Å². The lowest BCUT2D eigenvalue weighted by molar-refractivity contribution is -0.137. The van der Waals surface area contributed by atoms with Gasteiger partial charge in [-0.1, -0.05) is 12.1 Å². The van der Waals surface area contributed by atoms with Crippen LogP contribution in [0.1, 0.15) is 11.1 Å². The molecular formula is C14H10BrF4NO. The zero-order valence-electron chi connectivity index (χ0n) is 10.5. The normalized spacial score (nSPS) is 11.5. The SMILES string of the molecule is Oc1c(F)cccc1CNc1cc(C(F)(F)F)ccc1Br. The molecular weight excluding hydrogens is 354 g/mol. The van der Waals surface area contributed by atoms with Crippen LogP contribution in [0, 0.1) is 5.82 Å². The Labute approximate surface area is 126 Å². The van der Waals surface area contributed by atoms with Crippen LogP contribution in [0.3, 0.4) is 0 Å². The van der Waals surface area contributed by atoms with Crippen LogP contribution in [0.4, 0.5) is 23.2 Å². The van der Waals surface area contributed by atoms with E-state index in [9.17, 15) is 22.7 Å². The summed E-state index contributed by atoms with van der Waals surface area (Å²) >= 11 is 3.14. The molecule has 2 nitrogen and oxygen atoms in total. The van der Waals surface area contributed by atoms with E-state index in [4.69, 9.17) is 0 Å². The summed E-state index contributed by atoms with van der Waals surface area (Å²) in [4.78, 5) is 0. The first kappa shape index (κ1) is 15.6. The lowest BCUT2D eigenvalue weighted by atomic mass is 10.1. The Bertz CT molecular complexity index is 658. The lowest BCUT2D eigenvalue weighted by Crippen LogP contribution is -2.07. The average molecular weight is 364 g/mol. The van der Waals surface area contributed by atoms with Crippen LogP contribution >= 0.6 is 15.9 Å². The summed E-state index contributed by atoms with van der Waals surface area (Å²) in [5.74, 6) is -1.30. The van der Waals surface area contributed by atoms with Crippen molar-refractivity contribution in [2.75, 3.05) is 5.32 Å². The monoisotopic (exact) mass is 363 g/mol. The van der Waals surface area contributed by atoms with E-state index in [0.717, 1.165) is 18.2 Å². The minimum absolute atomic E-state index is 0.0104. The first-order valence-corrected chi connectivity index (χ1v) is 6.65. The maximum absolute atomic E-state index is 13.2. The van der Waals surface area contributed by atoms with Crippen LogP contribution in [0.15, 0.2) is 40.9 Å². The van der Waals surface area contributed by atoms with Gasteiger partial charge in [-0.05, 0) is 40.2 Å². The van der Waals surface area contributed by atoms with E-state index in [1.54, 1.807) is 0 Å². The smallest absolute Gasteiger partial charge is 0.416 e. The van der Waals surface area contributed by atoms with E-state index < -0.39 is 23.3 Å². The summed E-state index contributed by atoms with van der Waals surface area (Å²) in [6.07, 6.45) is -4.45. The second-order valence-corrected chi connectivity index (χ2v) is 5.15. The highest BCUT2D eigenvalue weighted by molar-refractivity contribution is 9.10. The summed E-state index contributed by atoms with van der Waals surface area (Å²) in [5, 5.41) is 12.3. The summed E-state index contributed by atoms with van der Waals surface area (Å²) < 4.78 is 51.5. The Morgan fingerprint density at radius 1 is 1.14 bits per heavy atom. The van der Waals surface area contributed by atoms with Crippen LogP contribution in [-0.2, 0) is 12.7 Å². The van der Waals surface area contributed by atoms with E-state index in [1.807, 2.05) is 0 Å². The molecule has 2 aromatic carbocycles. The summed E-state index contributed by atoms with van der Waals surface area (Å²) in [6.45, 7) is -0.0104. The molecule has 2 aromatic rings. The molecule has 0 fully saturated rings. The fourth-order valence-electron chi connectivity index (χ4n) is 1.73. The maximum Gasteiger partial charge on any atom is 0.416 e. The molecule has 0 spiro atoms. The van der Waals surface area contributed by atoms with E-state index in [2.05, 4.69) is 21.2 Å². The van der Waals surface area contributed by atoms with E-state index >= 15 is 0 Å². The zero-order valence-corrected chi connectivity index (χ0v) is 12.1. The predicted octanol–water partition coefficient (Wildman–Crippen LogP) is 4.92. The molecule has 0 heterocycles. The number of anilines is 1. The molecule has 0 atom stereocenters. The molecule has 0 amide bonds. The molecule has 0 bridgehead atoms. The molecule has 0 aromatic heterocycles. The second kappa shape index (κ2) is 5.93. The third kappa shape index (κ3) is 3.66. The van der Waals surface area contributed by atoms with Gasteiger partial charge in [-0.2, -0.15) is 13.2 Å². The number of phenols is 1. The number of alkyl halides is 3. The highest BCUT2D eigenvalue weighted by atomic mass is 79.9. The lowest BCUT2D eigenvalue weighted by Gasteiger charge is -2.13. The summed E-state index contributed by atoms with van der Waals surface area (Å²) in [6, 6.07) is 7.16. The number of phenolic OH excluding ortho intramolecular Hbond substituents is 1. The molecule has 0 aliphatic rings. The van der Waals surface area contributed by atoms with Crippen LogP contribution in [0.2, 0.25) is 0 Å². The number of aromatic hydroxyl groups is 1. The number of hydrogen-bond acceptors (Lipinski definition) is 2. The Morgan fingerprint density at radius 2 is 1.86 bits per heavy atom. The largest absolute Gasteiger partial charge is 0.505 e. The van der Waals surface area contributed by atoms with Crippen molar-refractivity contribution in [1.29, 1.82) is 0 Å². The molecule has 7 heteroatoms. The van der Waals surface area contributed by atoms with Crippen molar-refractivity contribution in [3.8, 4) is 5.75 Å². The first-order chi connectivity index (χ1) is 9.79. The van der Waals surface area contributed by atoms with Crippen molar-refractivity contribution in [3.05, 3.63) is 57.8 Å². The third-order valence-electron chi connectivity index (χ3n) is 2.83. The second-order valence-electron chi connectivity index (χ2n) is 4.29. The number of nitrogens with one attached hydrogen (secondary N) is 1. The Morgan fingerprint density at radius 3 is 2.52 bits per heavy atom. The standard InChI is InChI=1S/C14H10BrF4NO/c15-10-5-4-9(14(17,18)19)6-12(10)20-7-8-2-1-3-11(16)13(8)21/h1-6,20-21H,7H2. The molecule has 0 saturated carbocycles. The topological polar surface area (TPSA) is 32.3 Å². The van der Waals surface area contributed by atoms with Gasteiger partial charge in [0, 0.05) is 22.3 Å². The number of halogens is 5. The summed E-state index contributed by atoms with van der Waals surface area (Å²) in [7, 11) is 0. The first-order valence-electron chi connectivity index (χ1n) is 5.86. The third-order valence-corrected chi connectivity index (χ3v) is 3.52. The van der Waals surface area contributed by atoms with Crippen LogP contribution in [0.25, 0.3) is 0 Å². The molecule has 0 unspecified atom stereocenters. The van der Waals surface area contributed by atoms with Crippen molar-refractivity contribution in [1.82, 2.24) is 0 Å². The highest BCUT2D eigenvalue weighted by Crippen LogP contribution is 2.34. The van der Waals surface area contributed by atoms with Crippen molar-refractivity contribution < 1.29 is 22.7 Å². The fourth-order valence-corrected chi connectivity index (χ4v) is 2.12. The van der Waals surface area contributed by atoms with E-state index in [0.29, 0.717) is 4.47 Å². The maximum atomic E-state index is 13.2. The molecule has 2 N–H and O–H groups in total. The Kier molecular flexibility index (Phi) is 4.41. The van der Waals surface area contributed by atoms with Crippen LogP contribution in [-0.4, -0.2) is 5.11 Å². The molecule has 0 radical (unpaired) electrons. The Balaban J connectivity index is 2.22. The van der Waals surface area contributed by atoms with Crippen molar-refractivity contribution in [2.24, 2.45) is 0 Å². The van der Waals surface area contributed by atoms with Gasteiger partial charge < -0.3 is 10.4 Å². The quantitative estimate of drug-likeness (QED) is 0.758. The number of para-hydroxylation sites is 1. The molecule has 0 aliphatic heterocycles. The molecule has 21 heavy (non-hydrogen) atoms. The number of hydrogen-bond donors (Lipinski definition) is 2. The van der Waals surface area contributed by atoms with Gasteiger partial charge in [-0.15, -0.1) is 0 Å². The minimum Gasteiger partial charge on any atom is -0.505 e. The van der Waals surface area contributed by atoms with Gasteiger partial charge in [0.05, 0.1) is 5.56 Å². The van der Waals surface area contributed by atoms with E-state index in [-0.39, 0.29) is 17.8 Å². The van der Waals surface area contributed by atoms with Gasteiger partial charge in [0.25, 0.3) is 0 Å². The summed E-state index contributed by atoms with van der Waals surface area (Å²) in [5.41, 5.74) is -0.343. The van der Waals surface area contributed by atoms with Gasteiger partial charge in [-0.25, -0.2) is 4.39 Å². The van der Waals surface area contributed by atoms with E-state index in [1.165, 1.54) is 18.2 Å².